The van der Waals surface area contributed by atoms with Crippen LogP contribution in [-0.4, -0.2) is 18.2 Å². The lowest BCUT2D eigenvalue weighted by molar-refractivity contribution is 1.48. The van der Waals surface area contributed by atoms with E-state index in [1.807, 2.05) is 0 Å². The topological polar surface area (TPSA) is 0 Å². The molecule has 0 N–H and O–H groups in total. The summed E-state index contributed by atoms with van der Waals surface area (Å²) in [5.74, 6) is 0. The van der Waals surface area contributed by atoms with Crippen molar-refractivity contribution in [2.45, 2.75) is 11.4 Å². The van der Waals surface area contributed by atoms with Crippen LogP contribution in [0.3, 0.4) is 0 Å². The molecule has 22 valence electrons. The van der Waals surface area contributed by atoms with Gasteiger partial charge in [-0.2, -0.15) is 0 Å². The summed E-state index contributed by atoms with van der Waals surface area (Å²) in [5.41, 5.74) is 0. The van der Waals surface area contributed by atoms with Crippen molar-refractivity contribution in [2.24, 2.45) is 0 Å². The third-order valence-electron chi connectivity index (χ3n) is 0.134. The van der Waals surface area contributed by atoms with Gasteiger partial charge in [-0.1, -0.05) is 6.92 Å². The second-order valence-corrected chi connectivity index (χ2v) is 3.14. The SMILES string of the molecule is [2H][C]([2H])(C)[Mg][Br]. The molecule has 0 aliphatic carbocycles. The Morgan fingerprint density at radius 2 is 2.75 bits per heavy atom. The van der Waals surface area contributed by atoms with Gasteiger partial charge in [-0.25, -0.2) is 0 Å². The fraction of sp³-hybridized carbons (Fsp3) is 1.00. The summed E-state index contributed by atoms with van der Waals surface area (Å²) in [5, 5.41) is 0. The molecule has 0 nitrogen and oxygen atoms in total. The Bertz CT molecular complexity index is 41.3. The summed E-state index contributed by atoms with van der Waals surface area (Å²) in [6, 6.07) is 0. The summed E-state index contributed by atoms with van der Waals surface area (Å²) in [4.78, 5) is 0. The average Bonchev–Trinajstić information content (AvgIpc) is 1.35. The Hall–Kier alpha value is 1.25. The second kappa shape index (κ2) is 4.25. The molecule has 4 heavy (non-hydrogen) atoms. The first-order chi connectivity index (χ1) is 2.56. The van der Waals surface area contributed by atoms with E-state index in [0.717, 1.165) is 0 Å². The summed E-state index contributed by atoms with van der Waals surface area (Å²) >= 11 is 2.53. The summed E-state index contributed by atoms with van der Waals surface area (Å²) in [6.07, 6.45) is 0. The molecule has 0 saturated carbocycles. The van der Waals surface area contributed by atoms with Gasteiger partial charge in [0.25, 0.3) is 0 Å². The van der Waals surface area contributed by atoms with E-state index in [2.05, 4.69) is 12.9 Å². The molecule has 0 saturated heterocycles. The van der Waals surface area contributed by atoms with Crippen LogP contribution in [-0.2, 0) is 0 Å². The van der Waals surface area contributed by atoms with Gasteiger partial charge in [0.05, 0.1) is 0 Å². The zero-order valence-electron chi connectivity index (χ0n) is 4.59. The predicted octanol–water partition coefficient (Wildman–Crippen LogP) is 1.44. The van der Waals surface area contributed by atoms with Crippen LogP contribution in [0.15, 0.2) is 0 Å². The highest BCUT2D eigenvalue weighted by Gasteiger charge is 1.73. The van der Waals surface area contributed by atoms with Gasteiger partial charge >= 0.3 is 18.2 Å². The van der Waals surface area contributed by atoms with Crippen LogP contribution in [0.25, 0.3) is 0 Å². The normalized spacial score (nSPS) is 16.5. The van der Waals surface area contributed by atoms with Crippen molar-refractivity contribution in [1.29, 1.82) is 0 Å². The van der Waals surface area contributed by atoms with Gasteiger partial charge in [0.2, 0.25) is 0 Å². The number of rotatable bonds is 1. The summed E-state index contributed by atoms with van der Waals surface area (Å²) in [7, 11) is 0. The van der Waals surface area contributed by atoms with Gasteiger partial charge in [-0.3, -0.25) is 0 Å². The molecule has 0 aliphatic rings. The minimum absolute atomic E-state index is 0.602. The maximum absolute atomic E-state index is 6.86. The fourth-order valence-corrected chi connectivity index (χ4v) is 0. The molecular formula is C2H5BrMg. The van der Waals surface area contributed by atoms with Crippen LogP contribution in [0.5, 0.6) is 0 Å². The van der Waals surface area contributed by atoms with Crippen LogP contribution < -0.4 is 0 Å². The van der Waals surface area contributed by atoms with E-state index in [0.29, 0.717) is 0 Å². The highest BCUT2D eigenvalue weighted by molar-refractivity contribution is 9.23. The van der Waals surface area contributed by atoms with Gasteiger partial charge in [-0.05, 0) is 2.74 Å². The van der Waals surface area contributed by atoms with E-state index < -0.39 is 22.7 Å². The molecule has 0 atom stereocenters. The largest absolute Gasteiger partial charge is 0.468 e. The minimum atomic E-state index is -0.903. The first kappa shape index (κ1) is 2.42. The molecule has 0 aromatic carbocycles. The van der Waals surface area contributed by atoms with E-state index in [1.165, 1.54) is 0 Å². The van der Waals surface area contributed by atoms with Crippen molar-refractivity contribution in [3.05, 3.63) is 0 Å². The van der Waals surface area contributed by atoms with Crippen molar-refractivity contribution in [3.8, 4) is 0 Å². The lowest BCUT2D eigenvalue weighted by atomic mass is 11.0. The second-order valence-electron chi connectivity index (χ2n) is 0.487. The number of hydrogen-bond donors (Lipinski definition) is 0. The molecule has 0 aromatic rings. The molecule has 0 bridgehead atoms. The van der Waals surface area contributed by atoms with E-state index in [4.69, 9.17) is 2.74 Å². The Kier molecular flexibility index (Phi) is 2.57. The van der Waals surface area contributed by atoms with Crippen LogP contribution in [0.1, 0.15) is 9.67 Å². The Morgan fingerprint density at radius 3 is 2.75 bits per heavy atom. The van der Waals surface area contributed by atoms with Gasteiger partial charge in [0.1, 0.15) is 0 Å². The molecule has 2 heteroatoms. The molecule has 0 rings (SSSR count). The first-order valence-corrected chi connectivity index (χ1v) is 5.73. The molecule has 0 fully saturated rings. The molecule has 0 amide bonds. The van der Waals surface area contributed by atoms with Crippen molar-refractivity contribution >= 4 is 31.1 Å². The van der Waals surface area contributed by atoms with Crippen molar-refractivity contribution in [1.82, 2.24) is 0 Å². The highest BCUT2D eigenvalue weighted by atomic mass is 79.9. The zero-order chi connectivity index (χ0) is 5.21. The van der Waals surface area contributed by atoms with Crippen LogP contribution in [0.4, 0.5) is 0 Å². The molecule has 0 heterocycles. The summed E-state index contributed by atoms with van der Waals surface area (Å²) < 4.78 is 12.8. The molecule has 0 aliphatic heterocycles. The molecule has 0 unspecified atom stereocenters. The molecular weight excluding hydrogens is 128 g/mol. The Labute approximate surface area is 45.4 Å². The van der Waals surface area contributed by atoms with Gasteiger partial charge in [0.15, 0.2) is 0 Å². The van der Waals surface area contributed by atoms with Gasteiger partial charge in [-0.15, -0.1) is 4.50 Å². The lowest BCUT2D eigenvalue weighted by Crippen LogP contribution is -1.60. The third kappa shape index (κ3) is 3.25. The van der Waals surface area contributed by atoms with Crippen molar-refractivity contribution in [2.75, 3.05) is 0 Å². The minimum Gasteiger partial charge on any atom is -0.307 e. The fourth-order valence-electron chi connectivity index (χ4n) is 0. The average molecular weight is 135 g/mol. The summed E-state index contributed by atoms with van der Waals surface area (Å²) in [6.45, 7) is 1.59. The molecule has 0 spiro atoms. The van der Waals surface area contributed by atoms with Crippen molar-refractivity contribution < 1.29 is 2.74 Å². The molecule has 0 aromatic heterocycles. The van der Waals surface area contributed by atoms with E-state index in [9.17, 15) is 0 Å². The Morgan fingerprint density at radius 1 is 2.50 bits per heavy atom. The predicted molar refractivity (Wildman–Crippen MR) is 25.2 cm³/mol. The quantitative estimate of drug-likeness (QED) is 0.477. The number of halogens is 1. The van der Waals surface area contributed by atoms with E-state index in [1.54, 1.807) is 6.92 Å². The van der Waals surface area contributed by atoms with Crippen molar-refractivity contribution in [3.63, 3.8) is 0 Å². The standard InChI is InChI=1S/C2H5.BrH.Mg/c1-2;;/h1H2,2H3;1H;/q;;+1/p-1/i1D2;;. The number of hydrogen-bond acceptors (Lipinski definition) is 0. The third-order valence-corrected chi connectivity index (χ3v) is 2.08. The molecule has 0 radical (unpaired) electrons. The van der Waals surface area contributed by atoms with E-state index in [-0.39, 0.29) is 0 Å². The van der Waals surface area contributed by atoms with E-state index >= 15 is 0 Å². The smallest absolute Gasteiger partial charge is 0.307 e. The van der Waals surface area contributed by atoms with Gasteiger partial charge < -0.3 is 12.9 Å². The first-order valence-electron chi connectivity index (χ1n) is 2.12. The monoisotopic (exact) mass is 134 g/mol. The zero-order valence-corrected chi connectivity index (χ0v) is 5.59. The maximum atomic E-state index is 6.86. The van der Waals surface area contributed by atoms with Crippen LogP contribution in [0, 0.1) is 0 Å². The Balaban J connectivity index is 3.17. The van der Waals surface area contributed by atoms with Crippen LogP contribution in [0.2, 0.25) is 4.50 Å². The van der Waals surface area contributed by atoms with Gasteiger partial charge in [0, 0.05) is 0 Å². The lowest BCUT2D eigenvalue weighted by Gasteiger charge is -1.59. The maximum Gasteiger partial charge on any atom is 0.468 e. The van der Waals surface area contributed by atoms with Crippen LogP contribution >= 0.6 is 12.9 Å². The highest BCUT2D eigenvalue weighted by Crippen LogP contribution is 1.77.